The van der Waals surface area contributed by atoms with E-state index in [4.69, 9.17) is 14.5 Å². The highest BCUT2D eigenvalue weighted by Gasteiger charge is 2.35. The van der Waals surface area contributed by atoms with Gasteiger partial charge >= 0.3 is 7.82 Å². The van der Waals surface area contributed by atoms with Gasteiger partial charge in [-0.3, -0.25) is 9.32 Å². The van der Waals surface area contributed by atoms with E-state index in [9.17, 15) is 9.36 Å². The molecule has 8 nitrogen and oxygen atoms in total. The first-order valence-electron chi connectivity index (χ1n) is 11.0. The van der Waals surface area contributed by atoms with Gasteiger partial charge < -0.3 is 25.6 Å². The van der Waals surface area contributed by atoms with Crippen molar-refractivity contribution in [3.05, 3.63) is 29.3 Å². The van der Waals surface area contributed by atoms with Crippen molar-refractivity contribution in [3.63, 3.8) is 0 Å². The summed E-state index contributed by atoms with van der Waals surface area (Å²) in [5.74, 6) is 0.965. The number of hydrogen-bond donors (Lipinski definition) is 3. The Morgan fingerprint density at radius 1 is 1.10 bits per heavy atom. The summed E-state index contributed by atoms with van der Waals surface area (Å²) in [5, 5.41) is 0. The lowest BCUT2D eigenvalue weighted by Crippen LogP contribution is -2.54. The first-order chi connectivity index (χ1) is 14.3. The fraction of sp³-hybridized carbons (Fsp3) is 0.682. The Kier molecular flexibility index (Phi) is 12.3. The Morgan fingerprint density at radius 3 is 2.42 bits per heavy atom. The molecule has 1 saturated heterocycles. The third-order valence-corrected chi connectivity index (χ3v) is 6.07. The SMILES string of the molecule is CCCCCCCc1ccc(CCCCC(=O)N2CC(OP(=O)(O)O)C2)cc1OC.N. The molecule has 0 unspecified atom stereocenters. The van der Waals surface area contributed by atoms with Gasteiger partial charge in [0.05, 0.1) is 7.11 Å². The minimum absolute atomic E-state index is 0. The van der Waals surface area contributed by atoms with Crippen molar-refractivity contribution in [1.29, 1.82) is 0 Å². The van der Waals surface area contributed by atoms with Crippen LogP contribution >= 0.6 is 7.82 Å². The third-order valence-electron chi connectivity index (χ3n) is 5.49. The van der Waals surface area contributed by atoms with Gasteiger partial charge in [0.15, 0.2) is 0 Å². The summed E-state index contributed by atoms with van der Waals surface area (Å²) in [5.41, 5.74) is 2.48. The monoisotopic (exact) mass is 458 g/mol. The van der Waals surface area contributed by atoms with Crippen LogP contribution in [0.25, 0.3) is 0 Å². The van der Waals surface area contributed by atoms with Gasteiger partial charge in [0.1, 0.15) is 11.9 Å². The first-order valence-corrected chi connectivity index (χ1v) is 12.5. The number of hydrogen-bond acceptors (Lipinski definition) is 5. The number of carbonyl (C=O) groups excluding carboxylic acids is 1. The van der Waals surface area contributed by atoms with Crippen molar-refractivity contribution in [2.24, 2.45) is 0 Å². The van der Waals surface area contributed by atoms with Crippen LogP contribution in [0.3, 0.4) is 0 Å². The van der Waals surface area contributed by atoms with Crippen molar-refractivity contribution in [3.8, 4) is 5.75 Å². The van der Waals surface area contributed by atoms with Crippen LogP contribution in [0.15, 0.2) is 18.2 Å². The number of ether oxygens (including phenoxy) is 1. The molecule has 0 spiro atoms. The molecule has 31 heavy (non-hydrogen) atoms. The quantitative estimate of drug-likeness (QED) is 0.278. The minimum atomic E-state index is -4.47. The van der Waals surface area contributed by atoms with Crippen LogP contribution in [0.4, 0.5) is 0 Å². The van der Waals surface area contributed by atoms with E-state index in [1.165, 1.54) is 43.2 Å². The molecule has 1 heterocycles. The maximum atomic E-state index is 12.1. The first kappa shape index (κ1) is 27.6. The smallest absolute Gasteiger partial charge is 0.469 e. The average molecular weight is 459 g/mol. The van der Waals surface area contributed by atoms with Gasteiger partial charge in [-0.05, 0) is 49.3 Å². The van der Waals surface area contributed by atoms with Crippen molar-refractivity contribution in [1.82, 2.24) is 11.1 Å². The number of carbonyl (C=O) groups is 1. The molecule has 1 fully saturated rings. The van der Waals surface area contributed by atoms with Crippen LogP contribution in [0.2, 0.25) is 0 Å². The van der Waals surface area contributed by atoms with E-state index >= 15 is 0 Å². The van der Waals surface area contributed by atoms with E-state index in [2.05, 4.69) is 29.6 Å². The molecule has 0 aliphatic carbocycles. The van der Waals surface area contributed by atoms with Crippen LogP contribution in [-0.4, -0.2) is 46.9 Å². The van der Waals surface area contributed by atoms with Crippen LogP contribution in [0, 0.1) is 0 Å². The Bertz CT molecular complexity index is 718. The maximum absolute atomic E-state index is 12.1. The Balaban J connectivity index is 0.00000480. The number of likely N-dealkylation sites (tertiary alicyclic amines) is 1. The summed E-state index contributed by atoms with van der Waals surface area (Å²) in [6, 6.07) is 6.44. The fourth-order valence-electron chi connectivity index (χ4n) is 3.74. The second kappa shape index (κ2) is 13.9. The molecule has 0 atom stereocenters. The van der Waals surface area contributed by atoms with Gasteiger partial charge in [-0.1, -0.05) is 44.7 Å². The summed E-state index contributed by atoms with van der Waals surface area (Å²) in [6.07, 6.45) is 9.81. The van der Waals surface area contributed by atoms with Gasteiger partial charge in [0.25, 0.3) is 0 Å². The largest absolute Gasteiger partial charge is 0.496 e. The molecular weight excluding hydrogens is 419 g/mol. The zero-order valence-corrected chi connectivity index (χ0v) is 19.8. The topological polar surface area (TPSA) is 131 Å². The molecule has 1 aromatic rings. The Morgan fingerprint density at radius 2 is 1.77 bits per heavy atom. The van der Waals surface area contributed by atoms with E-state index in [1.807, 2.05) is 0 Å². The average Bonchev–Trinajstić information content (AvgIpc) is 2.67. The Hall–Kier alpha value is -1.44. The van der Waals surface area contributed by atoms with Crippen LogP contribution < -0.4 is 10.9 Å². The Labute approximate surface area is 186 Å². The molecule has 178 valence electrons. The molecule has 0 aromatic heterocycles. The highest BCUT2D eigenvalue weighted by Crippen LogP contribution is 2.39. The summed E-state index contributed by atoms with van der Waals surface area (Å²) in [7, 11) is -2.76. The molecule has 1 aromatic carbocycles. The standard InChI is InChI=1S/C22H36NO6P.H3N/c1-3-4-5-6-7-11-19-14-13-18(15-21(19)28-2)10-8-9-12-22(24)23-16-20(17-23)29-30(25,26)27;/h13-15,20H,3-12,16-17H2,1-2H3,(H2,25,26,27);1H3. The van der Waals surface area contributed by atoms with Crippen LogP contribution in [0.5, 0.6) is 5.75 Å². The molecular formula is C22H39N2O6P. The second-order valence-corrected chi connectivity index (χ2v) is 9.23. The summed E-state index contributed by atoms with van der Waals surface area (Å²) < 4.78 is 20.9. The zero-order valence-electron chi connectivity index (χ0n) is 18.9. The number of nitrogens with zero attached hydrogens (tertiary/aromatic N) is 1. The number of amides is 1. The van der Waals surface area contributed by atoms with E-state index in [-0.39, 0.29) is 25.1 Å². The third kappa shape index (κ3) is 10.1. The number of phosphoric acid groups is 1. The van der Waals surface area contributed by atoms with Crippen molar-refractivity contribution < 1.29 is 28.4 Å². The van der Waals surface area contributed by atoms with Crippen molar-refractivity contribution in [2.75, 3.05) is 20.2 Å². The predicted molar refractivity (Wildman–Crippen MR) is 122 cm³/mol. The molecule has 0 bridgehead atoms. The second-order valence-electron chi connectivity index (χ2n) is 8.03. The van der Waals surface area contributed by atoms with E-state index in [0.717, 1.165) is 31.4 Å². The predicted octanol–water partition coefficient (Wildman–Crippen LogP) is 4.40. The highest BCUT2D eigenvalue weighted by molar-refractivity contribution is 7.46. The zero-order chi connectivity index (χ0) is 22.0. The molecule has 1 amide bonds. The van der Waals surface area contributed by atoms with Crippen LogP contribution in [-0.2, 0) is 26.7 Å². The number of unbranched alkanes of at least 4 members (excludes halogenated alkanes) is 5. The van der Waals surface area contributed by atoms with E-state index in [0.29, 0.717) is 6.42 Å². The molecule has 1 aliphatic heterocycles. The molecule has 5 N–H and O–H groups in total. The number of benzene rings is 1. The van der Waals surface area contributed by atoms with Gasteiger partial charge in [-0.25, -0.2) is 4.57 Å². The van der Waals surface area contributed by atoms with Gasteiger partial charge in [0.2, 0.25) is 5.91 Å². The molecule has 0 saturated carbocycles. The number of rotatable bonds is 14. The van der Waals surface area contributed by atoms with Crippen LogP contribution in [0.1, 0.15) is 69.4 Å². The lowest BCUT2D eigenvalue weighted by molar-refractivity contribution is -0.140. The highest BCUT2D eigenvalue weighted by atomic mass is 31.2. The maximum Gasteiger partial charge on any atom is 0.469 e. The van der Waals surface area contributed by atoms with Gasteiger partial charge in [-0.2, -0.15) is 0 Å². The van der Waals surface area contributed by atoms with E-state index in [1.54, 1.807) is 12.0 Å². The summed E-state index contributed by atoms with van der Waals surface area (Å²) in [6.45, 7) is 2.73. The molecule has 2 rings (SSSR count). The summed E-state index contributed by atoms with van der Waals surface area (Å²) >= 11 is 0. The molecule has 9 heteroatoms. The van der Waals surface area contributed by atoms with Crippen molar-refractivity contribution in [2.45, 2.75) is 77.2 Å². The normalized spacial score (nSPS) is 14.1. The van der Waals surface area contributed by atoms with Gasteiger partial charge in [0, 0.05) is 19.5 Å². The fourth-order valence-corrected chi connectivity index (χ4v) is 4.26. The number of phosphoric ester groups is 1. The van der Waals surface area contributed by atoms with E-state index < -0.39 is 13.9 Å². The lowest BCUT2D eigenvalue weighted by Gasteiger charge is -2.38. The number of aryl methyl sites for hydroxylation is 2. The summed E-state index contributed by atoms with van der Waals surface area (Å²) in [4.78, 5) is 31.2. The lowest BCUT2D eigenvalue weighted by atomic mass is 10.0. The minimum Gasteiger partial charge on any atom is -0.496 e. The molecule has 0 radical (unpaired) electrons. The molecule has 1 aliphatic rings. The van der Waals surface area contributed by atoms with Gasteiger partial charge in [-0.15, -0.1) is 0 Å². The van der Waals surface area contributed by atoms with Crippen molar-refractivity contribution >= 4 is 13.7 Å². The number of methoxy groups -OCH3 is 1.